The van der Waals surface area contributed by atoms with Crippen LogP contribution in [0.5, 0.6) is 0 Å². The van der Waals surface area contributed by atoms with E-state index in [-0.39, 0.29) is 17.2 Å². The van der Waals surface area contributed by atoms with Gasteiger partial charge in [0.25, 0.3) is 0 Å². The van der Waals surface area contributed by atoms with Crippen LogP contribution in [0.15, 0.2) is 0 Å². The Morgan fingerprint density at radius 1 is 1.00 bits per heavy atom. The Kier molecular flexibility index (Phi) is 4.56. The van der Waals surface area contributed by atoms with E-state index < -0.39 is 0 Å². The lowest BCUT2D eigenvalue weighted by molar-refractivity contribution is -0.257. The summed E-state index contributed by atoms with van der Waals surface area (Å²) < 4.78 is 0. The second-order valence-corrected chi connectivity index (χ2v) is 5.00. The summed E-state index contributed by atoms with van der Waals surface area (Å²) in [5.74, 6) is 0. The first-order chi connectivity index (χ1) is 6.26. The van der Waals surface area contributed by atoms with Crippen LogP contribution >= 0.6 is 0 Å². The summed E-state index contributed by atoms with van der Waals surface area (Å²) in [4.78, 5) is 0. The molecule has 0 bridgehead atoms. The molecule has 86 valence electrons. The first-order valence-electron chi connectivity index (χ1n) is 5.43. The maximum atomic E-state index is 9.80. The molecule has 0 amide bonds. The summed E-state index contributed by atoms with van der Waals surface area (Å²) in [6.07, 6.45) is 0.971. The summed E-state index contributed by atoms with van der Waals surface area (Å²) in [6.45, 7) is 11.8. The number of aliphatic hydroxyl groups excluding tert-OH is 1. The highest BCUT2D eigenvalue weighted by atomic mass is 16.5. The minimum atomic E-state index is -0.318. The second kappa shape index (κ2) is 4.60. The molecule has 1 rings (SSSR count). The minimum absolute atomic E-state index is 0.293. The van der Waals surface area contributed by atoms with Gasteiger partial charge in [0.15, 0.2) is 0 Å². The van der Waals surface area contributed by atoms with Gasteiger partial charge in [0, 0.05) is 11.1 Å². The molecule has 3 nitrogen and oxygen atoms in total. The molecule has 1 fully saturated rings. The lowest BCUT2D eigenvalue weighted by Crippen LogP contribution is -2.60. The van der Waals surface area contributed by atoms with E-state index in [2.05, 4.69) is 0 Å². The van der Waals surface area contributed by atoms with Crippen LogP contribution in [0.3, 0.4) is 0 Å². The molecule has 0 aromatic heterocycles. The zero-order chi connectivity index (χ0) is 11.6. The third-order valence-corrected chi connectivity index (χ3v) is 2.62. The Morgan fingerprint density at radius 3 is 1.57 bits per heavy atom. The topological polar surface area (TPSA) is 43.7 Å². The van der Waals surface area contributed by atoms with Gasteiger partial charge in [-0.2, -0.15) is 5.06 Å². The zero-order valence-electron chi connectivity index (χ0n) is 10.3. The van der Waals surface area contributed by atoms with Gasteiger partial charge in [0.2, 0.25) is 0 Å². The van der Waals surface area contributed by atoms with Gasteiger partial charge in [0.1, 0.15) is 0 Å². The molecule has 0 aliphatic carbocycles. The van der Waals surface area contributed by atoms with Crippen LogP contribution in [0.1, 0.15) is 54.4 Å². The summed E-state index contributed by atoms with van der Waals surface area (Å²) in [7, 11) is 0. The number of hydroxylamine groups is 2. The van der Waals surface area contributed by atoms with E-state index >= 15 is 0 Å². The van der Waals surface area contributed by atoms with E-state index in [9.17, 15) is 10.3 Å². The van der Waals surface area contributed by atoms with Crippen molar-refractivity contribution < 1.29 is 10.3 Å². The van der Waals surface area contributed by atoms with Crippen LogP contribution < -0.4 is 0 Å². The fourth-order valence-corrected chi connectivity index (χ4v) is 2.22. The van der Waals surface area contributed by atoms with Crippen LogP contribution in [-0.2, 0) is 0 Å². The molecule has 0 radical (unpaired) electrons. The number of rotatable bonds is 0. The molecule has 0 atom stereocenters. The van der Waals surface area contributed by atoms with Gasteiger partial charge in [0.05, 0.1) is 6.10 Å². The molecular formula is C11H25NO2. The highest BCUT2D eigenvalue weighted by Crippen LogP contribution is 2.36. The first kappa shape index (κ1) is 13.9. The Hall–Kier alpha value is -0.120. The van der Waals surface area contributed by atoms with Crippen molar-refractivity contribution in [1.29, 1.82) is 0 Å². The highest BCUT2D eigenvalue weighted by Gasteiger charge is 2.44. The third-order valence-electron chi connectivity index (χ3n) is 2.62. The van der Waals surface area contributed by atoms with E-state index in [1.54, 1.807) is 0 Å². The van der Waals surface area contributed by atoms with Crippen LogP contribution in [0.4, 0.5) is 0 Å². The standard InChI is InChI=1S/C9H19NO2.C2H6/c1-8(2)5-7(11)6-9(3,4)10(8)12;1-2/h7,11-12H,5-6H2,1-4H3;1-2H3. The Balaban J connectivity index is 0.000000791. The smallest absolute Gasteiger partial charge is 0.0576 e. The van der Waals surface area contributed by atoms with Crippen molar-refractivity contribution in [3.05, 3.63) is 0 Å². The maximum Gasteiger partial charge on any atom is 0.0576 e. The van der Waals surface area contributed by atoms with Crippen molar-refractivity contribution in [3.63, 3.8) is 0 Å². The summed E-state index contributed by atoms with van der Waals surface area (Å²) in [5, 5.41) is 20.7. The van der Waals surface area contributed by atoms with Crippen LogP contribution in [0.25, 0.3) is 0 Å². The molecule has 1 heterocycles. The van der Waals surface area contributed by atoms with Crippen LogP contribution in [0.2, 0.25) is 0 Å². The zero-order valence-corrected chi connectivity index (χ0v) is 10.3. The van der Waals surface area contributed by atoms with Crippen LogP contribution in [0, 0.1) is 0 Å². The predicted molar refractivity (Wildman–Crippen MR) is 58.4 cm³/mol. The van der Waals surface area contributed by atoms with E-state index in [4.69, 9.17) is 0 Å². The fraction of sp³-hybridized carbons (Fsp3) is 1.00. The summed E-state index contributed by atoms with van der Waals surface area (Å²) in [5.41, 5.74) is -0.637. The third kappa shape index (κ3) is 2.94. The van der Waals surface area contributed by atoms with Gasteiger partial charge in [-0.25, -0.2) is 0 Å². The lowest BCUT2D eigenvalue weighted by Gasteiger charge is -2.50. The maximum absolute atomic E-state index is 9.80. The van der Waals surface area contributed by atoms with Gasteiger partial charge >= 0.3 is 0 Å². The van der Waals surface area contributed by atoms with Gasteiger partial charge in [-0.3, -0.25) is 0 Å². The van der Waals surface area contributed by atoms with Crippen molar-refractivity contribution in [2.75, 3.05) is 0 Å². The molecule has 2 N–H and O–H groups in total. The molecule has 0 spiro atoms. The van der Waals surface area contributed by atoms with Crippen molar-refractivity contribution in [2.45, 2.75) is 71.6 Å². The fourth-order valence-electron chi connectivity index (χ4n) is 2.22. The molecule has 14 heavy (non-hydrogen) atoms. The average Bonchev–Trinajstić information content (AvgIpc) is 2.02. The molecular weight excluding hydrogens is 178 g/mol. The lowest BCUT2D eigenvalue weighted by atomic mass is 9.80. The molecule has 1 saturated heterocycles. The number of hydrogen-bond donors (Lipinski definition) is 2. The van der Waals surface area contributed by atoms with E-state index in [0.29, 0.717) is 12.8 Å². The molecule has 1 aliphatic heterocycles. The minimum Gasteiger partial charge on any atom is -0.393 e. The van der Waals surface area contributed by atoms with Crippen molar-refractivity contribution in [2.24, 2.45) is 0 Å². The molecule has 0 saturated carbocycles. The van der Waals surface area contributed by atoms with Gasteiger partial charge in [-0.05, 0) is 40.5 Å². The molecule has 0 unspecified atom stereocenters. The van der Waals surface area contributed by atoms with Crippen LogP contribution in [-0.4, -0.2) is 32.6 Å². The van der Waals surface area contributed by atoms with Gasteiger partial charge < -0.3 is 10.3 Å². The number of aliphatic hydroxyl groups is 1. The number of nitrogens with zero attached hydrogens (tertiary/aromatic N) is 1. The Bertz CT molecular complexity index is 160. The van der Waals surface area contributed by atoms with Gasteiger partial charge in [-0.1, -0.05) is 13.8 Å². The van der Waals surface area contributed by atoms with E-state index in [0.717, 1.165) is 0 Å². The summed E-state index contributed by atoms with van der Waals surface area (Å²) >= 11 is 0. The monoisotopic (exact) mass is 203 g/mol. The van der Waals surface area contributed by atoms with Crippen molar-refractivity contribution >= 4 is 0 Å². The molecule has 1 aliphatic rings. The highest BCUT2D eigenvalue weighted by molar-refractivity contribution is 4.95. The molecule has 3 heteroatoms. The van der Waals surface area contributed by atoms with E-state index in [1.165, 1.54) is 5.06 Å². The first-order valence-corrected chi connectivity index (χ1v) is 5.43. The van der Waals surface area contributed by atoms with Crippen molar-refractivity contribution in [1.82, 2.24) is 5.06 Å². The second-order valence-electron chi connectivity index (χ2n) is 5.00. The SMILES string of the molecule is CC.CC1(C)CC(O)CC(C)(C)N1O. The largest absolute Gasteiger partial charge is 0.393 e. The predicted octanol–water partition coefficient (Wildman–Crippen LogP) is 2.42. The van der Waals surface area contributed by atoms with Gasteiger partial charge in [-0.15, -0.1) is 0 Å². The number of piperidine rings is 1. The van der Waals surface area contributed by atoms with E-state index in [1.807, 2.05) is 41.5 Å². The normalized spacial score (nSPS) is 26.6. The average molecular weight is 203 g/mol. The Labute approximate surface area is 87.7 Å². The summed E-state index contributed by atoms with van der Waals surface area (Å²) in [6, 6.07) is 0. The Morgan fingerprint density at radius 2 is 1.29 bits per heavy atom. The quantitative estimate of drug-likeness (QED) is 0.635. The molecule has 0 aromatic rings. The van der Waals surface area contributed by atoms with Crippen molar-refractivity contribution in [3.8, 4) is 0 Å². The molecule has 0 aromatic carbocycles. The number of hydrogen-bond acceptors (Lipinski definition) is 3.